The Morgan fingerprint density at radius 2 is 1.81 bits per heavy atom. The minimum Gasteiger partial charge on any atom is -0.207 e. The third-order valence-electron chi connectivity index (χ3n) is 4.37. The van der Waals surface area contributed by atoms with Gasteiger partial charge in [-0.25, -0.2) is 8.78 Å². The molecule has 110 valence electrons. The first-order chi connectivity index (χ1) is 10.1. The van der Waals surface area contributed by atoms with E-state index in [1.165, 1.54) is 11.1 Å². The van der Waals surface area contributed by atoms with Crippen LogP contribution in [0.4, 0.5) is 8.78 Å². The Morgan fingerprint density at radius 1 is 1.10 bits per heavy atom. The van der Waals surface area contributed by atoms with Crippen molar-refractivity contribution in [1.29, 1.82) is 0 Å². The van der Waals surface area contributed by atoms with Crippen molar-refractivity contribution in [3.05, 3.63) is 70.3 Å². The molecule has 1 aliphatic carbocycles. The zero-order chi connectivity index (χ0) is 15.0. The third-order valence-corrected chi connectivity index (χ3v) is 5.61. The van der Waals surface area contributed by atoms with E-state index in [4.69, 9.17) is 0 Å². The zero-order valence-electron chi connectivity index (χ0n) is 11.9. The number of hydrogen-bond donors (Lipinski definition) is 0. The molecule has 0 bridgehead atoms. The van der Waals surface area contributed by atoms with Crippen molar-refractivity contribution >= 4 is 15.9 Å². The van der Waals surface area contributed by atoms with Gasteiger partial charge in [0.25, 0.3) is 0 Å². The first-order valence-corrected chi connectivity index (χ1v) is 8.14. The van der Waals surface area contributed by atoms with Crippen molar-refractivity contribution in [3.63, 3.8) is 0 Å². The highest BCUT2D eigenvalue weighted by molar-refractivity contribution is 9.09. The zero-order valence-corrected chi connectivity index (χ0v) is 13.5. The van der Waals surface area contributed by atoms with E-state index in [0.29, 0.717) is 17.0 Å². The van der Waals surface area contributed by atoms with Gasteiger partial charge in [-0.15, -0.1) is 0 Å². The van der Waals surface area contributed by atoms with E-state index in [0.717, 1.165) is 25.3 Å². The predicted octanol–water partition coefficient (Wildman–Crippen LogP) is 5.51. The van der Waals surface area contributed by atoms with E-state index in [2.05, 4.69) is 34.1 Å². The molecule has 0 aromatic heterocycles. The van der Waals surface area contributed by atoms with Crippen molar-refractivity contribution in [1.82, 2.24) is 0 Å². The topological polar surface area (TPSA) is 0 Å². The number of alkyl halides is 1. The third kappa shape index (κ3) is 2.89. The molecule has 0 fully saturated rings. The summed E-state index contributed by atoms with van der Waals surface area (Å²) in [6.45, 7) is 1.67. The monoisotopic (exact) mass is 350 g/mol. The lowest BCUT2D eigenvalue weighted by Crippen LogP contribution is -2.19. The summed E-state index contributed by atoms with van der Waals surface area (Å²) in [6, 6.07) is 11.0. The standard InChI is InChI=1S/C18H17BrF2/c1-11-8-15(17(21)10-16(11)20)18(19)14-7-6-12-4-2-3-5-13(12)9-14/h2-5,8,10,14,18H,6-7,9H2,1H3. The van der Waals surface area contributed by atoms with Crippen molar-refractivity contribution in [2.24, 2.45) is 5.92 Å². The largest absolute Gasteiger partial charge is 0.207 e. The van der Waals surface area contributed by atoms with Gasteiger partial charge in [-0.1, -0.05) is 40.2 Å². The molecule has 2 aromatic rings. The molecular formula is C18H17BrF2. The van der Waals surface area contributed by atoms with Crippen molar-refractivity contribution in [2.45, 2.75) is 31.0 Å². The molecule has 2 unspecified atom stereocenters. The molecule has 21 heavy (non-hydrogen) atoms. The summed E-state index contributed by atoms with van der Waals surface area (Å²) in [5.74, 6) is -0.608. The Balaban J connectivity index is 1.87. The van der Waals surface area contributed by atoms with Gasteiger partial charge >= 0.3 is 0 Å². The van der Waals surface area contributed by atoms with Crippen LogP contribution in [0.1, 0.15) is 33.5 Å². The van der Waals surface area contributed by atoms with Gasteiger partial charge < -0.3 is 0 Å². The fourth-order valence-electron chi connectivity index (χ4n) is 3.12. The maximum absolute atomic E-state index is 14.1. The molecule has 3 heteroatoms. The first kappa shape index (κ1) is 14.7. The van der Waals surface area contributed by atoms with Crippen LogP contribution < -0.4 is 0 Å². The van der Waals surface area contributed by atoms with Crippen LogP contribution in [0.2, 0.25) is 0 Å². The Morgan fingerprint density at radius 3 is 2.57 bits per heavy atom. The summed E-state index contributed by atoms with van der Waals surface area (Å²) in [4.78, 5) is -0.0786. The Kier molecular flexibility index (Phi) is 4.12. The number of benzene rings is 2. The van der Waals surface area contributed by atoms with Gasteiger partial charge in [0.1, 0.15) is 11.6 Å². The number of fused-ring (bicyclic) bond motifs is 1. The Hall–Kier alpha value is -1.22. The van der Waals surface area contributed by atoms with Crippen molar-refractivity contribution in [3.8, 4) is 0 Å². The van der Waals surface area contributed by atoms with Crippen LogP contribution in [0.25, 0.3) is 0 Å². The molecular weight excluding hydrogens is 334 g/mol. The highest BCUT2D eigenvalue weighted by atomic mass is 79.9. The Labute approximate surface area is 132 Å². The summed E-state index contributed by atoms with van der Waals surface area (Å²) < 4.78 is 27.5. The van der Waals surface area contributed by atoms with Gasteiger partial charge in [0.2, 0.25) is 0 Å². The molecule has 0 aliphatic heterocycles. The van der Waals surface area contributed by atoms with Crippen LogP contribution in [-0.2, 0) is 12.8 Å². The SMILES string of the molecule is Cc1cc(C(Br)C2CCc3ccccc3C2)c(F)cc1F. The molecule has 2 aromatic carbocycles. The molecule has 0 heterocycles. The van der Waals surface area contributed by atoms with E-state index in [1.54, 1.807) is 13.0 Å². The predicted molar refractivity (Wildman–Crippen MR) is 84.7 cm³/mol. The molecule has 0 N–H and O–H groups in total. The van der Waals surface area contributed by atoms with Crippen molar-refractivity contribution in [2.75, 3.05) is 0 Å². The molecule has 2 atom stereocenters. The van der Waals surface area contributed by atoms with Crippen LogP contribution in [0.5, 0.6) is 0 Å². The van der Waals surface area contributed by atoms with E-state index in [9.17, 15) is 8.78 Å². The van der Waals surface area contributed by atoms with E-state index >= 15 is 0 Å². The van der Waals surface area contributed by atoms with E-state index in [1.807, 2.05) is 6.07 Å². The fraction of sp³-hybridized carbons (Fsp3) is 0.333. The van der Waals surface area contributed by atoms with Crippen LogP contribution in [0.15, 0.2) is 36.4 Å². The second kappa shape index (κ2) is 5.88. The minimum absolute atomic E-state index is 0.0786. The Bertz CT molecular complexity index is 666. The maximum Gasteiger partial charge on any atom is 0.130 e. The average molecular weight is 351 g/mol. The highest BCUT2D eigenvalue weighted by Gasteiger charge is 2.27. The molecule has 0 radical (unpaired) electrons. The number of rotatable bonds is 2. The van der Waals surface area contributed by atoms with Gasteiger partial charge in [0.05, 0.1) is 0 Å². The van der Waals surface area contributed by atoms with Crippen LogP contribution in [-0.4, -0.2) is 0 Å². The quantitative estimate of drug-likeness (QED) is 0.626. The minimum atomic E-state index is -0.482. The fourth-order valence-corrected chi connectivity index (χ4v) is 3.92. The summed E-state index contributed by atoms with van der Waals surface area (Å²) >= 11 is 3.65. The summed E-state index contributed by atoms with van der Waals surface area (Å²) in [5, 5.41) is 0. The van der Waals surface area contributed by atoms with E-state index < -0.39 is 11.6 Å². The normalized spacial score (nSPS) is 19.1. The number of hydrogen-bond acceptors (Lipinski definition) is 0. The maximum atomic E-state index is 14.1. The lowest BCUT2D eigenvalue weighted by atomic mass is 9.80. The summed E-state index contributed by atoms with van der Waals surface area (Å²) in [6.07, 6.45) is 2.97. The molecule has 0 amide bonds. The molecule has 1 aliphatic rings. The lowest BCUT2D eigenvalue weighted by Gasteiger charge is -2.29. The van der Waals surface area contributed by atoms with Gasteiger partial charge in [-0.2, -0.15) is 0 Å². The highest BCUT2D eigenvalue weighted by Crippen LogP contribution is 2.40. The van der Waals surface area contributed by atoms with Gasteiger partial charge in [0, 0.05) is 16.5 Å². The average Bonchev–Trinajstić information content (AvgIpc) is 2.50. The van der Waals surface area contributed by atoms with Crippen LogP contribution in [0.3, 0.4) is 0 Å². The molecule has 0 saturated carbocycles. The molecule has 3 rings (SSSR count). The van der Waals surface area contributed by atoms with Crippen molar-refractivity contribution < 1.29 is 8.78 Å². The van der Waals surface area contributed by atoms with Crippen LogP contribution in [0, 0.1) is 24.5 Å². The van der Waals surface area contributed by atoms with Gasteiger partial charge in [0.15, 0.2) is 0 Å². The number of halogens is 3. The van der Waals surface area contributed by atoms with E-state index in [-0.39, 0.29) is 4.83 Å². The smallest absolute Gasteiger partial charge is 0.130 e. The molecule has 0 nitrogen and oxygen atoms in total. The second-order valence-electron chi connectivity index (χ2n) is 5.80. The molecule has 0 spiro atoms. The summed E-state index contributed by atoms with van der Waals surface area (Å²) in [7, 11) is 0. The molecule has 0 saturated heterocycles. The van der Waals surface area contributed by atoms with Gasteiger partial charge in [-0.3, -0.25) is 0 Å². The number of aryl methyl sites for hydroxylation is 2. The second-order valence-corrected chi connectivity index (χ2v) is 6.78. The lowest BCUT2D eigenvalue weighted by molar-refractivity contribution is 0.441. The summed E-state index contributed by atoms with van der Waals surface area (Å²) in [5.41, 5.74) is 3.80. The van der Waals surface area contributed by atoms with Gasteiger partial charge in [-0.05, 0) is 54.9 Å². The first-order valence-electron chi connectivity index (χ1n) is 7.22. The van der Waals surface area contributed by atoms with Crippen LogP contribution >= 0.6 is 15.9 Å².